The van der Waals surface area contributed by atoms with Crippen LogP contribution in [0.4, 0.5) is 0 Å². The molecule has 4 fully saturated rings. The molecule has 8 atom stereocenters. The number of hydrogen-bond donors (Lipinski definition) is 2. The molecule has 0 aromatic heterocycles. The number of carbonyl (C=O) groups is 2. The van der Waals surface area contributed by atoms with Crippen LogP contribution < -0.4 is 5.32 Å². The van der Waals surface area contributed by atoms with Gasteiger partial charge in [-0.25, -0.2) is 0 Å². The quantitative estimate of drug-likeness (QED) is 0.551. The molecule has 0 saturated heterocycles. The van der Waals surface area contributed by atoms with Crippen molar-refractivity contribution in [3.8, 4) is 0 Å². The lowest BCUT2D eigenvalue weighted by molar-refractivity contribution is -0.180. The first-order valence-corrected chi connectivity index (χ1v) is 13.4. The van der Waals surface area contributed by atoms with E-state index in [1.54, 1.807) is 0 Å². The van der Waals surface area contributed by atoms with Crippen molar-refractivity contribution in [2.24, 2.45) is 40.4 Å². The summed E-state index contributed by atoms with van der Waals surface area (Å²) in [5.41, 5.74) is -0.345. The van der Waals surface area contributed by atoms with E-state index in [2.05, 4.69) is 26.1 Å². The van der Waals surface area contributed by atoms with Crippen molar-refractivity contribution in [3.05, 3.63) is 0 Å². The molecule has 33 heavy (non-hydrogen) atoms. The van der Waals surface area contributed by atoms with Gasteiger partial charge in [-0.1, -0.05) is 13.8 Å². The smallest absolute Gasteiger partial charge is 0.320 e. The number of Topliss-reactive ketones (excluding diaryl/α,β-unsaturated/α-hetero) is 1. The normalized spacial score (nSPS) is 45.0. The molecule has 0 heterocycles. The number of aliphatic hydroxyl groups is 1. The molecule has 0 amide bonds. The second-order valence-electron chi connectivity index (χ2n) is 13.5. The molecule has 5 heteroatoms. The Hall–Kier alpha value is -0.940. The van der Waals surface area contributed by atoms with Gasteiger partial charge in [0, 0.05) is 11.5 Å². The van der Waals surface area contributed by atoms with Crippen molar-refractivity contribution in [2.45, 2.75) is 110 Å². The molecule has 5 nitrogen and oxygen atoms in total. The number of nitrogens with one attached hydrogen (secondary N) is 1. The van der Waals surface area contributed by atoms with E-state index < -0.39 is 11.1 Å². The average molecular weight is 462 g/mol. The fourth-order valence-electron chi connectivity index (χ4n) is 8.86. The summed E-state index contributed by atoms with van der Waals surface area (Å²) < 4.78 is 6.05. The van der Waals surface area contributed by atoms with Crippen molar-refractivity contribution in [3.63, 3.8) is 0 Å². The number of carbonyl (C=O) groups excluding carboxylic acids is 2. The second kappa shape index (κ2) is 8.62. The molecule has 0 bridgehead atoms. The van der Waals surface area contributed by atoms with Gasteiger partial charge in [0.2, 0.25) is 0 Å². The van der Waals surface area contributed by atoms with Crippen LogP contribution in [0.1, 0.15) is 99.3 Å². The van der Waals surface area contributed by atoms with Crippen LogP contribution in [0.3, 0.4) is 0 Å². The average Bonchev–Trinajstić information content (AvgIpc) is 3.10. The number of aliphatic hydroxyl groups excluding tert-OH is 1. The SMILES string of the molecule is CC(=O)[C@H]1CC[C@H]2[C@@H]3CC[C@H]4C[C@](C)(OC(=O)CNC(C)(C)CO)CC[C@]4(C)[C@H]3CC[C@]12C. The lowest BCUT2D eigenvalue weighted by Crippen LogP contribution is -2.56. The second-order valence-corrected chi connectivity index (χ2v) is 13.5. The first kappa shape index (κ1) is 25.2. The minimum Gasteiger partial charge on any atom is -0.458 e. The summed E-state index contributed by atoms with van der Waals surface area (Å²) in [7, 11) is 0. The maximum Gasteiger partial charge on any atom is 0.320 e. The Kier molecular flexibility index (Phi) is 6.57. The first-order valence-electron chi connectivity index (χ1n) is 13.4. The molecule has 0 aliphatic heterocycles. The van der Waals surface area contributed by atoms with Crippen molar-refractivity contribution < 1.29 is 19.4 Å². The van der Waals surface area contributed by atoms with E-state index in [0.29, 0.717) is 23.0 Å². The molecule has 188 valence electrons. The molecule has 4 aliphatic rings. The predicted molar refractivity (Wildman–Crippen MR) is 130 cm³/mol. The van der Waals surface area contributed by atoms with E-state index in [-0.39, 0.29) is 30.5 Å². The topological polar surface area (TPSA) is 75.6 Å². The Morgan fingerprint density at radius 3 is 2.33 bits per heavy atom. The van der Waals surface area contributed by atoms with Crippen LogP contribution in [-0.2, 0) is 14.3 Å². The van der Waals surface area contributed by atoms with Crippen molar-refractivity contribution in [1.29, 1.82) is 0 Å². The molecule has 4 saturated carbocycles. The van der Waals surface area contributed by atoms with E-state index in [4.69, 9.17) is 4.74 Å². The maximum absolute atomic E-state index is 12.6. The number of fused-ring (bicyclic) bond motifs is 5. The van der Waals surface area contributed by atoms with Gasteiger partial charge in [0.05, 0.1) is 13.2 Å². The Morgan fingerprint density at radius 2 is 1.67 bits per heavy atom. The molecule has 4 rings (SSSR count). The summed E-state index contributed by atoms with van der Waals surface area (Å²) in [5, 5.41) is 12.5. The Labute approximate surface area is 200 Å². The fraction of sp³-hybridized carbons (Fsp3) is 0.929. The monoisotopic (exact) mass is 461 g/mol. The van der Waals surface area contributed by atoms with Crippen molar-refractivity contribution >= 4 is 11.8 Å². The third-order valence-corrected chi connectivity index (χ3v) is 10.9. The van der Waals surface area contributed by atoms with E-state index >= 15 is 0 Å². The van der Waals surface area contributed by atoms with Crippen LogP contribution in [0.5, 0.6) is 0 Å². The van der Waals surface area contributed by atoms with Gasteiger partial charge in [0.1, 0.15) is 11.4 Å². The fourth-order valence-corrected chi connectivity index (χ4v) is 8.86. The summed E-state index contributed by atoms with van der Waals surface area (Å²) >= 11 is 0. The number of rotatable bonds is 6. The van der Waals surface area contributed by atoms with Gasteiger partial charge < -0.3 is 9.84 Å². The zero-order chi connectivity index (χ0) is 24.2. The first-order chi connectivity index (χ1) is 15.3. The molecule has 0 aromatic carbocycles. The van der Waals surface area contributed by atoms with Gasteiger partial charge >= 0.3 is 5.97 Å². The van der Waals surface area contributed by atoms with Gasteiger partial charge in [0.25, 0.3) is 0 Å². The minimum absolute atomic E-state index is 0.0201. The highest BCUT2D eigenvalue weighted by Crippen LogP contribution is 2.68. The van der Waals surface area contributed by atoms with Crippen LogP contribution in [0.15, 0.2) is 0 Å². The van der Waals surface area contributed by atoms with Crippen LogP contribution in [0.25, 0.3) is 0 Å². The van der Waals surface area contributed by atoms with E-state index in [1.807, 2.05) is 20.8 Å². The van der Waals surface area contributed by atoms with Crippen LogP contribution in [0, 0.1) is 40.4 Å². The van der Waals surface area contributed by atoms with Crippen LogP contribution in [-0.4, -0.2) is 41.2 Å². The largest absolute Gasteiger partial charge is 0.458 e. The zero-order valence-electron chi connectivity index (χ0n) is 21.8. The number of esters is 1. The third kappa shape index (κ3) is 4.42. The summed E-state index contributed by atoms with van der Waals surface area (Å²) in [6.07, 6.45) is 10.3. The molecular formula is C28H47NO4. The molecule has 0 aromatic rings. The molecular weight excluding hydrogens is 414 g/mol. The maximum atomic E-state index is 12.6. The van der Waals surface area contributed by atoms with Gasteiger partial charge in [-0.05, 0) is 120 Å². The van der Waals surface area contributed by atoms with Crippen LogP contribution in [0.2, 0.25) is 0 Å². The lowest BCUT2D eigenvalue weighted by Gasteiger charge is -2.62. The zero-order valence-corrected chi connectivity index (χ0v) is 21.8. The number of hydrogen-bond acceptors (Lipinski definition) is 5. The van der Waals surface area contributed by atoms with Gasteiger partial charge in [0.15, 0.2) is 0 Å². The summed E-state index contributed by atoms with van der Waals surface area (Å²) in [5.74, 6) is 3.26. The summed E-state index contributed by atoms with van der Waals surface area (Å²) in [6.45, 7) is 12.8. The van der Waals surface area contributed by atoms with E-state index in [1.165, 1.54) is 32.1 Å². The Bertz CT molecular complexity index is 780. The van der Waals surface area contributed by atoms with Crippen molar-refractivity contribution in [2.75, 3.05) is 13.2 Å². The van der Waals surface area contributed by atoms with Crippen LogP contribution >= 0.6 is 0 Å². The van der Waals surface area contributed by atoms with Gasteiger partial charge in [-0.3, -0.25) is 14.9 Å². The predicted octanol–water partition coefficient (Wildman–Crippen LogP) is 4.90. The highest BCUT2D eigenvalue weighted by Gasteiger charge is 2.61. The summed E-state index contributed by atoms with van der Waals surface area (Å²) in [6, 6.07) is 0. The van der Waals surface area contributed by atoms with E-state index in [9.17, 15) is 14.7 Å². The Balaban J connectivity index is 1.42. The molecule has 4 aliphatic carbocycles. The number of ether oxygens (including phenoxy) is 1. The minimum atomic E-state index is -0.486. The molecule has 0 unspecified atom stereocenters. The van der Waals surface area contributed by atoms with Crippen molar-refractivity contribution in [1.82, 2.24) is 5.32 Å². The standard InChI is InChI=1S/C28H47NO4/c1-18(31)21-9-10-22-20-8-7-19-15-26(4,33-24(32)16-29-25(2,3)17-30)13-14-27(19,5)23(20)11-12-28(21,22)6/h19-23,29-30H,7-17H2,1-6H3/t19-,20-,21+,22-,23-,26+,27-,28+/m0/s1. The molecule has 2 N–H and O–H groups in total. The number of ketones is 1. The summed E-state index contributed by atoms with van der Waals surface area (Å²) in [4.78, 5) is 25.0. The molecule has 0 spiro atoms. The highest BCUT2D eigenvalue weighted by atomic mass is 16.6. The lowest BCUT2D eigenvalue weighted by atomic mass is 9.44. The third-order valence-electron chi connectivity index (χ3n) is 10.9. The molecule has 0 radical (unpaired) electrons. The van der Waals surface area contributed by atoms with Gasteiger partial charge in [-0.15, -0.1) is 0 Å². The van der Waals surface area contributed by atoms with Gasteiger partial charge in [-0.2, -0.15) is 0 Å². The highest BCUT2D eigenvalue weighted by molar-refractivity contribution is 5.79. The van der Waals surface area contributed by atoms with E-state index in [0.717, 1.165) is 37.5 Å². The Morgan fingerprint density at radius 1 is 0.970 bits per heavy atom.